The lowest BCUT2D eigenvalue weighted by Crippen LogP contribution is -2.32. The summed E-state index contributed by atoms with van der Waals surface area (Å²) in [4.78, 5) is 22.4. The Kier molecular flexibility index (Phi) is 5.12. The highest BCUT2D eigenvalue weighted by molar-refractivity contribution is 6.33. The van der Waals surface area contributed by atoms with Crippen LogP contribution in [0.15, 0.2) is 18.2 Å². The first-order valence-corrected chi connectivity index (χ1v) is 5.84. The van der Waals surface area contributed by atoms with Crippen molar-refractivity contribution in [2.24, 2.45) is 0 Å². The summed E-state index contributed by atoms with van der Waals surface area (Å²) in [7, 11) is 0. The van der Waals surface area contributed by atoms with Gasteiger partial charge >= 0.3 is 5.97 Å². The number of carbonyl (C=O) groups is 2. The van der Waals surface area contributed by atoms with Gasteiger partial charge in [0.2, 0.25) is 5.91 Å². The molecule has 0 radical (unpaired) electrons. The van der Waals surface area contributed by atoms with E-state index >= 15 is 0 Å². The zero-order valence-electron chi connectivity index (χ0n) is 10.2. The molecule has 98 valence electrons. The standard InChI is InChI=1S/C12H15ClN2O3/c1-7(2)14-6-11(16)15-8-3-4-10(13)9(5-8)12(17)18/h3-5,7,14H,6H2,1-2H3,(H,15,16)(H,17,18). The normalized spacial score (nSPS) is 10.4. The SMILES string of the molecule is CC(C)NCC(=O)Nc1ccc(Cl)c(C(=O)O)c1. The second kappa shape index (κ2) is 6.37. The van der Waals surface area contributed by atoms with Crippen LogP contribution in [0.4, 0.5) is 5.69 Å². The molecule has 6 heteroatoms. The number of anilines is 1. The number of benzene rings is 1. The summed E-state index contributed by atoms with van der Waals surface area (Å²) in [6.45, 7) is 4.03. The van der Waals surface area contributed by atoms with Crippen LogP contribution < -0.4 is 10.6 Å². The molecule has 1 aromatic rings. The average molecular weight is 271 g/mol. The van der Waals surface area contributed by atoms with Crippen molar-refractivity contribution in [2.45, 2.75) is 19.9 Å². The van der Waals surface area contributed by atoms with Crippen molar-refractivity contribution < 1.29 is 14.7 Å². The van der Waals surface area contributed by atoms with Gasteiger partial charge in [-0.2, -0.15) is 0 Å². The molecule has 0 aliphatic heterocycles. The molecule has 1 aromatic carbocycles. The van der Waals surface area contributed by atoms with E-state index in [2.05, 4.69) is 10.6 Å². The molecule has 18 heavy (non-hydrogen) atoms. The summed E-state index contributed by atoms with van der Waals surface area (Å²) in [5.74, 6) is -1.36. The number of aromatic carboxylic acids is 1. The van der Waals surface area contributed by atoms with Gasteiger partial charge in [0, 0.05) is 11.7 Å². The van der Waals surface area contributed by atoms with Crippen LogP contribution in [0.2, 0.25) is 5.02 Å². The first-order valence-electron chi connectivity index (χ1n) is 5.46. The van der Waals surface area contributed by atoms with E-state index in [-0.39, 0.29) is 29.1 Å². The van der Waals surface area contributed by atoms with Crippen LogP contribution in [0.25, 0.3) is 0 Å². The van der Waals surface area contributed by atoms with Gasteiger partial charge in [0.25, 0.3) is 0 Å². The van der Waals surface area contributed by atoms with Crippen LogP contribution in [0.1, 0.15) is 24.2 Å². The Morgan fingerprint density at radius 3 is 2.61 bits per heavy atom. The van der Waals surface area contributed by atoms with Crippen LogP contribution >= 0.6 is 11.6 Å². The van der Waals surface area contributed by atoms with E-state index in [4.69, 9.17) is 16.7 Å². The molecule has 1 rings (SSSR count). The maximum atomic E-state index is 11.5. The Morgan fingerprint density at radius 2 is 2.06 bits per heavy atom. The van der Waals surface area contributed by atoms with Crippen LogP contribution in [-0.2, 0) is 4.79 Å². The summed E-state index contributed by atoms with van der Waals surface area (Å²) >= 11 is 5.72. The Balaban J connectivity index is 2.70. The summed E-state index contributed by atoms with van der Waals surface area (Å²) in [6, 6.07) is 4.53. The Bertz CT molecular complexity index is 461. The maximum Gasteiger partial charge on any atom is 0.337 e. The van der Waals surface area contributed by atoms with Crippen molar-refractivity contribution in [3.8, 4) is 0 Å². The van der Waals surface area contributed by atoms with Crippen LogP contribution in [0.3, 0.4) is 0 Å². The molecule has 0 aromatic heterocycles. The topological polar surface area (TPSA) is 78.4 Å². The molecule has 0 saturated carbocycles. The molecule has 0 saturated heterocycles. The Labute approximate surface area is 110 Å². The highest BCUT2D eigenvalue weighted by Gasteiger charge is 2.10. The second-order valence-corrected chi connectivity index (χ2v) is 4.49. The van der Waals surface area contributed by atoms with Gasteiger partial charge in [0.05, 0.1) is 17.1 Å². The van der Waals surface area contributed by atoms with Crippen LogP contribution in [0, 0.1) is 0 Å². The number of rotatable bonds is 5. The molecular weight excluding hydrogens is 256 g/mol. The van der Waals surface area contributed by atoms with Crippen molar-refractivity contribution in [1.82, 2.24) is 5.32 Å². The third kappa shape index (κ3) is 4.35. The van der Waals surface area contributed by atoms with Crippen molar-refractivity contribution in [1.29, 1.82) is 0 Å². The first kappa shape index (κ1) is 14.5. The number of carboxylic acid groups (broad SMARTS) is 1. The minimum atomic E-state index is -1.13. The number of amides is 1. The van der Waals surface area contributed by atoms with Gasteiger partial charge in [-0.25, -0.2) is 4.79 Å². The van der Waals surface area contributed by atoms with Gasteiger partial charge in [-0.3, -0.25) is 4.79 Å². The lowest BCUT2D eigenvalue weighted by Gasteiger charge is -2.09. The molecule has 5 nitrogen and oxygen atoms in total. The van der Waals surface area contributed by atoms with Crippen molar-refractivity contribution >= 4 is 29.2 Å². The summed E-state index contributed by atoms with van der Waals surface area (Å²) < 4.78 is 0. The number of halogens is 1. The Hall–Kier alpha value is -1.59. The van der Waals surface area contributed by atoms with Gasteiger partial charge in [0.1, 0.15) is 0 Å². The smallest absolute Gasteiger partial charge is 0.337 e. The van der Waals surface area contributed by atoms with Gasteiger partial charge in [0.15, 0.2) is 0 Å². The zero-order chi connectivity index (χ0) is 13.7. The van der Waals surface area contributed by atoms with Crippen LogP contribution in [-0.4, -0.2) is 29.6 Å². The van der Waals surface area contributed by atoms with Gasteiger partial charge in [-0.15, -0.1) is 0 Å². The molecule has 0 fully saturated rings. The maximum absolute atomic E-state index is 11.5. The molecule has 0 heterocycles. The molecule has 0 aliphatic rings. The molecule has 3 N–H and O–H groups in total. The average Bonchev–Trinajstić information content (AvgIpc) is 2.28. The first-order chi connectivity index (χ1) is 8.40. The minimum Gasteiger partial charge on any atom is -0.478 e. The second-order valence-electron chi connectivity index (χ2n) is 4.08. The molecular formula is C12H15ClN2O3. The quantitative estimate of drug-likeness (QED) is 0.764. The van der Waals surface area contributed by atoms with E-state index in [1.54, 1.807) is 6.07 Å². The van der Waals surface area contributed by atoms with E-state index in [0.717, 1.165) is 0 Å². The lowest BCUT2D eigenvalue weighted by molar-refractivity contribution is -0.115. The molecule has 0 spiro atoms. The van der Waals surface area contributed by atoms with E-state index < -0.39 is 5.97 Å². The third-order valence-corrected chi connectivity index (χ3v) is 2.48. The molecule has 0 atom stereocenters. The summed E-state index contributed by atoms with van der Waals surface area (Å²) in [6.07, 6.45) is 0. The number of nitrogens with one attached hydrogen (secondary N) is 2. The predicted octanol–water partition coefficient (Wildman–Crippen LogP) is 1.97. The summed E-state index contributed by atoms with van der Waals surface area (Å²) in [5, 5.41) is 14.6. The third-order valence-electron chi connectivity index (χ3n) is 2.15. The fraction of sp³-hybridized carbons (Fsp3) is 0.333. The summed E-state index contributed by atoms with van der Waals surface area (Å²) in [5.41, 5.74) is 0.374. The van der Waals surface area contributed by atoms with Crippen molar-refractivity contribution in [3.05, 3.63) is 28.8 Å². The molecule has 0 aliphatic carbocycles. The van der Waals surface area contributed by atoms with Gasteiger partial charge in [-0.1, -0.05) is 25.4 Å². The molecule has 1 amide bonds. The number of hydrogen-bond acceptors (Lipinski definition) is 3. The predicted molar refractivity (Wildman–Crippen MR) is 70.2 cm³/mol. The van der Waals surface area contributed by atoms with E-state index in [9.17, 15) is 9.59 Å². The van der Waals surface area contributed by atoms with Crippen molar-refractivity contribution in [3.63, 3.8) is 0 Å². The van der Waals surface area contributed by atoms with E-state index in [1.165, 1.54) is 12.1 Å². The monoisotopic (exact) mass is 270 g/mol. The molecule has 0 unspecified atom stereocenters. The van der Waals surface area contributed by atoms with E-state index in [1.807, 2.05) is 13.8 Å². The highest BCUT2D eigenvalue weighted by atomic mass is 35.5. The zero-order valence-corrected chi connectivity index (χ0v) is 10.9. The highest BCUT2D eigenvalue weighted by Crippen LogP contribution is 2.20. The fourth-order valence-electron chi connectivity index (χ4n) is 1.27. The molecule has 0 bridgehead atoms. The number of carboxylic acids is 1. The van der Waals surface area contributed by atoms with Crippen molar-refractivity contribution in [2.75, 3.05) is 11.9 Å². The number of hydrogen-bond donors (Lipinski definition) is 3. The van der Waals surface area contributed by atoms with Gasteiger partial charge < -0.3 is 15.7 Å². The largest absolute Gasteiger partial charge is 0.478 e. The van der Waals surface area contributed by atoms with Gasteiger partial charge in [-0.05, 0) is 18.2 Å². The Morgan fingerprint density at radius 1 is 1.39 bits per heavy atom. The lowest BCUT2D eigenvalue weighted by atomic mass is 10.2. The van der Waals surface area contributed by atoms with E-state index in [0.29, 0.717) is 5.69 Å². The van der Waals surface area contributed by atoms with Crippen LogP contribution in [0.5, 0.6) is 0 Å². The fourth-order valence-corrected chi connectivity index (χ4v) is 1.47. The number of carbonyl (C=O) groups excluding carboxylic acids is 1. The minimum absolute atomic E-state index is 0.0358.